The summed E-state index contributed by atoms with van der Waals surface area (Å²) in [6.07, 6.45) is 8.70. The van der Waals surface area contributed by atoms with E-state index in [1.807, 2.05) is 0 Å². The number of piperidine rings is 1. The molecule has 2 heterocycles. The Morgan fingerprint density at radius 3 is 2.43 bits per heavy atom. The number of carbonyl (C=O) groups is 3. The van der Waals surface area contributed by atoms with Crippen molar-refractivity contribution in [2.45, 2.75) is 75.9 Å². The van der Waals surface area contributed by atoms with Crippen molar-refractivity contribution in [3.05, 3.63) is 0 Å². The molecule has 3 fully saturated rings. The molecule has 1 aliphatic carbocycles. The molecule has 9 nitrogen and oxygen atoms in total. The standard InChI is InChI=1S/C21H36N6O3/c22-21(23)25-10-3-7-16(13-28)27(19(29)17-8-4-9-24-17)20(30)18-11-14-5-1-2-6-15(14)12-26-18/h13-18,24,26H,1-12H2,(H4,22,23,25)/t14?,15?,16-,17-,18?/m0/s1. The number of amides is 2. The van der Waals surface area contributed by atoms with Crippen LogP contribution in [-0.4, -0.2) is 66.7 Å². The van der Waals surface area contributed by atoms with Crippen LogP contribution in [0.2, 0.25) is 0 Å². The fraction of sp³-hybridized carbons (Fsp3) is 0.810. The molecule has 2 saturated heterocycles. The van der Waals surface area contributed by atoms with E-state index in [4.69, 9.17) is 11.5 Å². The fourth-order valence-electron chi connectivity index (χ4n) is 5.16. The highest BCUT2D eigenvalue weighted by atomic mass is 16.2. The van der Waals surface area contributed by atoms with Crippen LogP contribution in [0.4, 0.5) is 0 Å². The van der Waals surface area contributed by atoms with E-state index in [1.165, 1.54) is 24.2 Å². The molecule has 3 rings (SSSR count). The topological polar surface area (TPSA) is 143 Å². The number of nitrogens with zero attached hydrogens (tertiary/aromatic N) is 2. The molecule has 2 amide bonds. The van der Waals surface area contributed by atoms with E-state index in [9.17, 15) is 14.4 Å². The lowest BCUT2D eigenvalue weighted by atomic mass is 9.73. The molecule has 6 N–H and O–H groups in total. The van der Waals surface area contributed by atoms with Gasteiger partial charge in [-0.1, -0.05) is 19.3 Å². The lowest BCUT2D eigenvalue weighted by molar-refractivity contribution is -0.153. The molecule has 0 aromatic rings. The molecule has 168 valence electrons. The number of aliphatic imine (C=N–C) groups is 1. The van der Waals surface area contributed by atoms with E-state index >= 15 is 0 Å². The number of nitrogens with two attached hydrogens (primary N) is 2. The van der Waals surface area contributed by atoms with Crippen LogP contribution in [-0.2, 0) is 14.4 Å². The van der Waals surface area contributed by atoms with Gasteiger partial charge in [0.2, 0.25) is 11.8 Å². The average Bonchev–Trinajstić information content (AvgIpc) is 3.29. The highest BCUT2D eigenvalue weighted by Crippen LogP contribution is 2.36. The van der Waals surface area contributed by atoms with Crippen LogP contribution in [0.3, 0.4) is 0 Å². The van der Waals surface area contributed by atoms with Crippen molar-refractivity contribution in [2.24, 2.45) is 28.3 Å². The number of rotatable bonds is 8. The number of imide groups is 1. The number of aldehydes is 1. The number of hydrogen-bond donors (Lipinski definition) is 4. The summed E-state index contributed by atoms with van der Waals surface area (Å²) in [6, 6.07) is -1.61. The Balaban J connectivity index is 1.72. The van der Waals surface area contributed by atoms with Gasteiger partial charge in [-0.15, -0.1) is 0 Å². The molecule has 30 heavy (non-hydrogen) atoms. The Hall–Kier alpha value is -2.00. The first-order valence-corrected chi connectivity index (χ1v) is 11.4. The summed E-state index contributed by atoms with van der Waals surface area (Å²) < 4.78 is 0. The summed E-state index contributed by atoms with van der Waals surface area (Å²) in [5.41, 5.74) is 10.7. The minimum atomic E-state index is -0.799. The van der Waals surface area contributed by atoms with Gasteiger partial charge in [-0.2, -0.15) is 0 Å². The first kappa shape index (κ1) is 22.7. The second-order valence-corrected chi connectivity index (χ2v) is 8.85. The summed E-state index contributed by atoms with van der Waals surface area (Å²) in [5, 5.41) is 6.54. The Bertz CT molecular complexity index is 645. The zero-order chi connectivity index (χ0) is 21.5. The van der Waals surface area contributed by atoms with Crippen LogP contribution in [0.15, 0.2) is 4.99 Å². The normalized spacial score (nSPS) is 29.5. The van der Waals surface area contributed by atoms with Crippen molar-refractivity contribution >= 4 is 24.1 Å². The molecule has 2 aliphatic heterocycles. The molecule has 3 unspecified atom stereocenters. The van der Waals surface area contributed by atoms with Crippen LogP contribution in [0.1, 0.15) is 57.8 Å². The van der Waals surface area contributed by atoms with Gasteiger partial charge in [-0.25, -0.2) is 0 Å². The maximum Gasteiger partial charge on any atom is 0.247 e. The predicted octanol–water partition coefficient (Wildman–Crippen LogP) is -0.117. The van der Waals surface area contributed by atoms with E-state index in [1.54, 1.807) is 0 Å². The molecule has 3 aliphatic rings. The first-order chi connectivity index (χ1) is 14.5. The fourth-order valence-corrected chi connectivity index (χ4v) is 5.16. The molecule has 0 radical (unpaired) electrons. The smallest absolute Gasteiger partial charge is 0.247 e. The number of carbonyl (C=O) groups excluding carboxylic acids is 3. The van der Waals surface area contributed by atoms with Gasteiger partial charge in [0, 0.05) is 6.54 Å². The van der Waals surface area contributed by atoms with Crippen molar-refractivity contribution < 1.29 is 14.4 Å². The maximum atomic E-state index is 13.5. The molecule has 9 heteroatoms. The number of hydrogen-bond acceptors (Lipinski definition) is 6. The molecular weight excluding hydrogens is 384 g/mol. The number of fused-ring (bicyclic) bond motifs is 1. The summed E-state index contributed by atoms with van der Waals surface area (Å²) in [7, 11) is 0. The largest absolute Gasteiger partial charge is 0.370 e. The van der Waals surface area contributed by atoms with Crippen molar-refractivity contribution in [3.63, 3.8) is 0 Å². The van der Waals surface area contributed by atoms with Gasteiger partial charge in [0.05, 0.1) is 18.1 Å². The van der Waals surface area contributed by atoms with Crippen LogP contribution < -0.4 is 22.1 Å². The average molecular weight is 421 g/mol. The van der Waals surface area contributed by atoms with E-state index in [-0.39, 0.29) is 17.8 Å². The van der Waals surface area contributed by atoms with Gasteiger partial charge in [0.15, 0.2) is 5.96 Å². The molecule has 0 spiro atoms. The van der Waals surface area contributed by atoms with E-state index < -0.39 is 18.1 Å². The first-order valence-electron chi connectivity index (χ1n) is 11.4. The highest BCUT2D eigenvalue weighted by molar-refractivity contribution is 6.02. The molecular formula is C21H36N6O3. The Labute approximate surface area is 178 Å². The quantitative estimate of drug-likeness (QED) is 0.141. The molecule has 1 saturated carbocycles. The Morgan fingerprint density at radius 2 is 1.77 bits per heavy atom. The second-order valence-electron chi connectivity index (χ2n) is 8.85. The second kappa shape index (κ2) is 10.9. The van der Waals surface area contributed by atoms with E-state index in [0.29, 0.717) is 43.9 Å². The van der Waals surface area contributed by atoms with Gasteiger partial charge in [0.25, 0.3) is 0 Å². The van der Waals surface area contributed by atoms with E-state index in [0.717, 1.165) is 32.4 Å². The van der Waals surface area contributed by atoms with Gasteiger partial charge in [-0.3, -0.25) is 19.5 Å². The number of guanidine groups is 1. The summed E-state index contributed by atoms with van der Waals surface area (Å²) in [4.78, 5) is 43.8. The highest BCUT2D eigenvalue weighted by Gasteiger charge is 2.41. The van der Waals surface area contributed by atoms with Crippen LogP contribution >= 0.6 is 0 Å². The predicted molar refractivity (Wildman–Crippen MR) is 114 cm³/mol. The molecule has 5 atom stereocenters. The summed E-state index contributed by atoms with van der Waals surface area (Å²) in [5.74, 6) is 0.572. The molecule has 0 aromatic carbocycles. The third kappa shape index (κ3) is 5.57. The lowest BCUT2D eigenvalue weighted by Gasteiger charge is -2.41. The SMILES string of the molecule is NC(N)=NCCC[C@@H](C=O)N(C(=O)C1CC2CCCCC2CN1)C(=O)[C@@H]1CCCN1. The molecule has 0 bridgehead atoms. The Morgan fingerprint density at radius 1 is 1.03 bits per heavy atom. The summed E-state index contributed by atoms with van der Waals surface area (Å²) >= 11 is 0. The van der Waals surface area contributed by atoms with Crippen molar-refractivity contribution in [2.75, 3.05) is 19.6 Å². The minimum Gasteiger partial charge on any atom is -0.370 e. The molecule has 0 aromatic heterocycles. The Kier molecular flexibility index (Phi) is 8.21. The van der Waals surface area contributed by atoms with Gasteiger partial charge in [0.1, 0.15) is 6.29 Å². The van der Waals surface area contributed by atoms with Gasteiger partial charge < -0.3 is 26.9 Å². The van der Waals surface area contributed by atoms with Crippen LogP contribution in [0, 0.1) is 11.8 Å². The number of nitrogens with one attached hydrogen (secondary N) is 2. The zero-order valence-corrected chi connectivity index (χ0v) is 17.7. The van der Waals surface area contributed by atoms with Crippen molar-refractivity contribution in [1.82, 2.24) is 15.5 Å². The van der Waals surface area contributed by atoms with Crippen molar-refractivity contribution in [1.29, 1.82) is 0 Å². The minimum absolute atomic E-state index is 0.00902. The van der Waals surface area contributed by atoms with Crippen LogP contribution in [0.25, 0.3) is 0 Å². The lowest BCUT2D eigenvalue weighted by Crippen LogP contribution is -2.59. The maximum absolute atomic E-state index is 13.5. The van der Waals surface area contributed by atoms with Crippen molar-refractivity contribution in [3.8, 4) is 0 Å². The summed E-state index contributed by atoms with van der Waals surface area (Å²) in [6.45, 7) is 1.91. The third-order valence-electron chi connectivity index (χ3n) is 6.80. The zero-order valence-electron chi connectivity index (χ0n) is 17.7. The van der Waals surface area contributed by atoms with Gasteiger partial charge in [-0.05, 0) is 63.5 Å². The third-order valence-corrected chi connectivity index (χ3v) is 6.80. The van der Waals surface area contributed by atoms with E-state index in [2.05, 4.69) is 15.6 Å². The van der Waals surface area contributed by atoms with Crippen LogP contribution in [0.5, 0.6) is 0 Å². The van der Waals surface area contributed by atoms with Gasteiger partial charge >= 0.3 is 0 Å². The monoisotopic (exact) mass is 420 g/mol.